The normalized spacial score (nSPS) is 12.3. The summed E-state index contributed by atoms with van der Waals surface area (Å²) in [5.74, 6) is -1.89. The number of Topliss-reactive ketones (excluding diaryl/α,β-unsaturated/α-hetero) is 1. The van der Waals surface area contributed by atoms with Crippen LogP contribution in [0.25, 0.3) is 11.2 Å². The van der Waals surface area contributed by atoms with Gasteiger partial charge in [-0.2, -0.15) is 0 Å². The molecule has 0 saturated carbocycles. The largest absolute Gasteiger partial charge is 0.445 e. The minimum absolute atomic E-state index is 0.0385. The van der Waals surface area contributed by atoms with Crippen LogP contribution >= 0.6 is 0 Å². The van der Waals surface area contributed by atoms with Crippen LogP contribution in [0, 0.1) is 5.92 Å². The third kappa shape index (κ3) is 9.58. The Kier molecular flexibility index (Phi) is 11.5. The number of aromatic nitrogens is 4. The van der Waals surface area contributed by atoms with Crippen LogP contribution in [-0.2, 0) is 38.7 Å². The lowest BCUT2D eigenvalue weighted by Gasteiger charge is -2.24. The standard InChI is InChI=1S/C32H38N8O5/c1-21(2)16-25(39-32(44)45-18-23-12-7-4-8-13-23)30(42)38-24(17-22-10-5-3-6-11-22)27(41)31(43)34-14-9-15-40-20-37-26-28(33)35-19-36-29(26)40/h3-8,10-13,19-21,24-25H,9,14-18H2,1-2H3,(H,34,43)(H,38,42)(H,39,44)(H2,33,35,36)/t24-,25-/m0/s1. The third-order valence-electron chi connectivity index (χ3n) is 6.96. The molecule has 0 aliphatic heterocycles. The fraction of sp³-hybridized carbons (Fsp3) is 0.344. The first-order valence-corrected chi connectivity index (χ1v) is 14.8. The van der Waals surface area contributed by atoms with Gasteiger partial charge in [-0.05, 0) is 29.9 Å². The third-order valence-corrected chi connectivity index (χ3v) is 6.96. The summed E-state index contributed by atoms with van der Waals surface area (Å²) in [6.07, 6.45) is 3.05. The molecule has 0 saturated heterocycles. The molecule has 0 radical (unpaired) electrons. The van der Waals surface area contributed by atoms with Gasteiger partial charge in [-0.25, -0.2) is 19.7 Å². The van der Waals surface area contributed by atoms with Gasteiger partial charge in [0.25, 0.3) is 5.91 Å². The van der Waals surface area contributed by atoms with Crippen molar-refractivity contribution in [2.45, 2.75) is 58.3 Å². The molecule has 236 valence electrons. The summed E-state index contributed by atoms with van der Waals surface area (Å²) in [7, 11) is 0. The number of hydrogen-bond acceptors (Lipinski definition) is 9. The van der Waals surface area contributed by atoms with E-state index >= 15 is 0 Å². The summed E-state index contributed by atoms with van der Waals surface area (Å²) in [5.41, 5.74) is 8.46. The number of benzene rings is 2. The van der Waals surface area contributed by atoms with Crippen molar-refractivity contribution in [1.82, 2.24) is 35.5 Å². The Morgan fingerprint density at radius 3 is 2.27 bits per heavy atom. The van der Waals surface area contributed by atoms with Gasteiger partial charge in [0, 0.05) is 19.5 Å². The molecular formula is C32H38N8O5. The van der Waals surface area contributed by atoms with Crippen molar-refractivity contribution < 1.29 is 23.9 Å². The monoisotopic (exact) mass is 614 g/mol. The van der Waals surface area contributed by atoms with E-state index in [0.29, 0.717) is 30.6 Å². The summed E-state index contributed by atoms with van der Waals surface area (Å²) < 4.78 is 7.09. The van der Waals surface area contributed by atoms with Crippen molar-refractivity contribution in [3.63, 3.8) is 0 Å². The molecule has 2 atom stereocenters. The molecule has 0 aliphatic rings. The Morgan fingerprint density at radius 1 is 0.889 bits per heavy atom. The fourth-order valence-corrected chi connectivity index (χ4v) is 4.70. The number of amides is 3. The van der Waals surface area contributed by atoms with E-state index in [0.717, 1.165) is 11.1 Å². The lowest BCUT2D eigenvalue weighted by Crippen LogP contribution is -2.55. The first-order valence-electron chi connectivity index (χ1n) is 14.8. The first-order chi connectivity index (χ1) is 21.7. The van der Waals surface area contributed by atoms with E-state index in [9.17, 15) is 19.2 Å². The van der Waals surface area contributed by atoms with Crippen LogP contribution in [0.3, 0.4) is 0 Å². The number of nitrogens with two attached hydrogens (primary N) is 1. The Hall–Kier alpha value is -5.33. The van der Waals surface area contributed by atoms with Crippen LogP contribution in [0.1, 0.15) is 37.8 Å². The molecule has 2 heterocycles. The minimum atomic E-state index is -1.16. The SMILES string of the molecule is CC(C)C[C@H](NC(=O)OCc1ccccc1)C(=O)N[C@@H](Cc1ccccc1)C(=O)C(=O)NCCCn1cnc2c(N)ncnc21. The van der Waals surface area contributed by atoms with Gasteiger partial charge in [0.1, 0.15) is 30.5 Å². The number of imidazole rings is 1. The zero-order valence-corrected chi connectivity index (χ0v) is 25.3. The number of aryl methyl sites for hydroxylation is 1. The second-order valence-corrected chi connectivity index (χ2v) is 11.0. The predicted octanol–water partition coefficient (Wildman–Crippen LogP) is 2.55. The number of fused-ring (bicyclic) bond motifs is 1. The van der Waals surface area contributed by atoms with E-state index < -0.39 is 35.8 Å². The number of carbonyl (C=O) groups is 4. The number of ether oxygens (including phenoxy) is 1. The quantitative estimate of drug-likeness (QED) is 0.115. The van der Waals surface area contributed by atoms with Gasteiger partial charge < -0.3 is 31.0 Å². The summed E-state index contributed by atoms with van der Waals surface area (Å²) >= 11 is 0. The van der Waals surface area contributed by atoms with Crippen LogP contribution in [0.2, 0.25) is 0 Å². The second-order valence-electron chi connectivity index (χ2n) is 11.0. The van der Waals surface area contributed by atoms with Crippen molar-refractivity contribution in [3.8, 4) is 0 Å². The number of anilines is 1. The lowest BCUT2D eigenvalue weighted by molar-refractivity contribution is -0.140. The molecule has 13 nitrogen and oxygen atoms in total. The maximum Gasteiger partial charge on any atom is 0.408 e. The van der Waals surface area contributed by atoms with Crippen LogP contribution in [0.15, 0.2) is 73.3 Å². The topological polar surface area (TPSA) is 183 Å². The molecule has 5 N–H and O–H groups in total. The highest BCUT2D eigenvalue weighted by Gasteiger charge is 2.31. The highest BCUT2D eigenvalue weighted by Crippen LogP contribution is 2.14. The predicted molar refractivity (Wildman–Crippen MR) is 167 cm³/mol. The molecule has 2 aromatic heterocycles. The highest BCUT2D eigenvalue weighted by atomic mass is 16.5. The Bertz CT molecular complexity index is 1590. The number of nitrogen functional groups attached to an aromatic ring is 1. The van der Waals surface area contributed by atoms with E-state index in [1.54, 1.807) is 23.0 Å². The minimum Gasteiger partial charge on any atom is -0.445 e. The molecule has 13 heteroatoms. The summed E-state index contributed by atoms with van der Waals surface area (Å²) in [6, 6.07) is 16.1. The Labute approximate surface area is 261 Å². The summed E-state index contributed by atoms with van der Waals surface area (Å²) in [4.78, 5) is 64.7. The molecule has 0 spiro atoms. The van der Waals surface area contributed by atoms with Crippen LogP contribution in [0.5, 0.6) is 0 Å². The lowest BCUT2D eigenvalue weighted by atomic mass is 9.99. The highest BCUT2D eigenvalue weighted by molar-refractivity contribution is 6.38. The van der Waals surface area contributed by atoms with E-state index in [1.807, 2.05) is 62.4 Å². The number of carbonyl (C=O) groups excluding carboxylic acids is 4. The second kappa shape index (κ2) is 15.9. The molecule has 2 aromatic carbocycles. The van der Waals surface area contributed by atoms with Crippen molar-refractivity contribution in [3.05, 3.63) is 84.4 Å². The fourth-order valence-electron chi connectivity index (χ4n) is 4.70. The summed E-state index contributed by atoms with van der Waals surface area (Å²) in [6.45, 7) is 4.52. The zero-order chi connectivity index (χ0) is 32.2. The number of rotatable bonds is 15. The molecule has 4 aromatic rings. The van der Waals surface area contributed by atoms with Gasteiger partial charge in [0.2, 0.25) is 11.7 Å². The van der Waals surface area contributed by atoms with Crippen LogP contribution < -0.4 is 21.7 Å². The number of nitrogens with one attached hydrogen (secondary N) is 3. The van der Waals surface area contributed by atoms with Gasteiger partial charge >= 0.3 is 6.09 Å². The number of alkyl carbamates (subject to hydrolysis) is 1. The maximum atomic E-state index is 13.4. The molecule has 3 amide bonds. The summed E-state index contributed by atoms with van der Waals surface area (Å²) in [5, 5.41) is 7.98. The van der Waals surface area contributed by atoms with E-state index in [2.05, 4.69) is 30.9 Å². The molecule has 0 fully saturated rings. The van der Waals surface area contributed by atoms with Crippen molar-refractivity contribution >= 4 is 40.7 Å². The smallest absolute Gasteiger partial charge is 0.408 e. The van der Waals surface area contributed by atoms with Crippen LogP contribution in [0.4, 0.5) is 10.6 Å². The molecule has 45 heavy (non-hydrogen) atoms. The van der Waals surface area contributed by atoms with Crippen LogP contribution in [-0.4, -0.2) is 61.8 Å². The van der Waals surface area contributed by atoms with Gasteiger partial charge in [-0.3, -0.25) is 14.4 Å². The van der Waals surface area contributed by atoms with Crippen molar-refractivity contribution in [1.29, 1.82) is 0 Å². The van der Waals surface area contributed by atoms with E-state index in [4.69, 9.17) is 10.5 Å². The van der Waals surface area contributed by atoms with Crippen molar-refractivity contribution in [2.75, 3.05) is 12.3 Å². The average Bonchev–Trinajstić information content (AvgIpc) is 3.46. The van der Waals surface area contributed by atoms with Gasteiger partial charge in [-0.1, -0.05) is 74.5 Å². The van der Waals surface area contributed by atoms with Gasteiger partial charge in [0.15, 0.2) is 11.5 Å². The van der Waals surface area contributed by atoms with Gasteiger partial charge in [-0.15, -0.1) is 0 Å². The molecule has 0 aliphatic carbocycles. The number of ketones is 1. The number of hydrogen-bond donors (Lipinski definition) is 4. The Morgan fingerprint density at radius 2 is 1.58 bits per heavy atom. The zero-order valence-electron chi connectivity index (χ0n) is 25.3. The first kappa shape index (κ1) is 32.6. The van der Waals surface area contributed by atoms with Gasteiger partial charge in [0.05, 0.1) is 6.33 Å². The average molecular weight is 615 g/mol. The van der Waals surface area contributed by atoms with E-state index in [-0.39, 0.29) is 31.3 Å². The molecule has 0 bridgehead atoms. The maximum absolute atomic E-state index is 13.4. The van der Waals surface area contributed by atoms with E-state index in [1.165, 1.54) is 6.33 Å². The molecule has 4 rings (SSSR count). The molecule has 0 unspecified atom stereocenters. The number of nitrogens with zero attached hydrogens (tertiary/aromatic N) is 4. The van der Waals surface area contributed by atoms with Crippen molar-refractivity contribution in [2.24, 2.45) is 5.92 Å². The Balaban J connectivity index is 1.37. The molecular weight excluding hydrogens is 576 g/mol.